The van der Waals surface area contributed by atoms with Crippen LogP contribution < -0.4 is 10.6 Å². The molecule has 2 aliphatic rings. The molecular weight excluding hydrogens is 344 g/mol. The normalized spacial score (nSPS) is 21.4. The summed E-state index contributed by atoms with van der Waals surface area (Å²) in [5, 5.41) is 5.44. The Kier molecular flexibility index (Phi) is 4.94. The minimum atomic E-state index is -3.07. The lowest BCUT2D eigenvalue weighted by Crippen LogP contribution is -2.37. The fraction of sp³-hybridized carbons (Fsp3) is 0.562. The van der Waals surface area contributed by atoms with Crippen molar-refractivity contribution >= 4 is 21.7 Å². The van der Waals surface area contributed by atoms with E-state index in [2.05, 4.69) is 22.2 Å². The first-order valence-electron chi connectivity index (χ1n) is 8.41. The highest BCUT2D eigenvalue weighted by atomic mass is 32.2. The van der Waals surface area contributed by atoms with Crippen LogP contribution in [0.15, 0.2) is 12.7 Å². The van der Waals surface area contributed by atoms with Crippen molar-refractivity contribution in [3.8, 4) is 0 Å². The Balaban J connectivity index is 1.83. The molecule has 8 nitrogen and oxygen atoms in total. The highest BCUT2D eigenvalue weighted by molar-refractivity contribution is 7.91. The number of sulfone groups is 1. The van der Waals surface area contributed by atoms with E-state index in [9.17, 15) is 18.0 Å². The summed E-state index contributed by atoms with van der Waals surface area (Å²) in [6.45, 7) is 4.52. The fourth-order valence-corrected chi connectivity index (χ4v) is 4.98. The zero-order valence-corrected chi connectivity index (χ0v) is 14.8. The van der Waals surface area contributed by atoms with Crippen LogP contribution in [0.25, 0.3) is 0 Å². The second-order valence-corrected chi connectivity index (χ2v) is 8.64. The van der Waals surface area contributed by atoms with Gasteiger partial charge in [-0.15, -0.1) is 6.58 Å². The summed E-state index contributed by atoms with van der Waals surface area (Å²) in [6.07, 6.45) is 4.53. The summed E-state index contributed by atoms with van der Waals surface area (Å²) in [5.74, 6) is -0.518. The smallest absolute Gasteiger partial charge is 0.287 e. The van der Waals surface area contributed by atoms with Crippen LogP contribution in [0.1, 0.15) is 46.1 Å². The van der Waals surface area contributed by atoms with Crippen LogP contribution in [-0.4, -0.2) is 53.9 Å². The Morgan fingerprint density at radius 3 is 2.80 bits per heavy atom. The summed E-state index contributed by atoms with van der Waals surface area (Å²) in [6, 6.07) is -0.396. The average molecular weight is 366 g/mol. The van der Waals surface area contributed by atoms with Gasteiger partial charge in [-0.05, 0) is 25.7 Å². The monoisotopic (exact) mass is 366 g/mol. The van der Waals surface area contributed by atoms with E-state index < -0.39 is 21.8 Å². The van der Waals surface area contributed by atoms with Gasteiger partial charge in [-0.1, -0.05) is 6.08 Å². The van der Waals surface area contributed by atoms with Gasteiger partial charge in [0, 0.05) is 19.1 Å². The number of carbonyl (C=O) groups excluding carboxylic acids is 2. The van der Waals surface area contributed by atoms with Crippen molar-refractivity contribution in [2.75, 3.05) is 18.1 Å². The molecule has 9 heteroatoms. The van der Waals surface area contributed by atoms with Crippen molar-refractivity contribution in [1.29, 1.82) is 0 Å². The standard InChI is InChI=1S/C16H22N4O4S/c1-2-7-17-15(21)13-12-5-3-4-8-20(12)14(19-13)16(22)18-11-6-9-25(23,24)10-11/h2,11H,1,3-10H2,(H,17,21)(H,18,22). The quantitative estimate of drug-likeness (QED) is 0.716. The first kappa shape index (κ1) is 17.7. The third-order valence-corrected chi connectivity index (χ3v) is 6.28. The molecule has 1 unspecified atom stereocenters. The molecule has 3 rings (SSSR count). The fourth-order valence-electron chi connectivity index (χ4n) is 3.31. The molecule has 0 aliphatic carbocycles. The molecule has 136 valence electrons. The van der Waals surface area contributed by atoms with Crippen LogP contribution in [0.3, 0.4) is 0 Å². The zero-order chi connectivity index (χ0) is 18.0. The predicted molar refractivity (Wildman–Crippen MR) is 92.2 cm³/mol. The number of carbonyl (C=O) groups is 2. The molecule has 0 spiro atoms. The molecule has 0 saturated carbocycles. The van der Waals surface area contributed by atoms with E-state index in [4.69, 9.17) is 0 Å². The van der Waals surface area contributed by atoms with Crippen molar-refractivity contribution in [2.24, 2.45) is 0 Å². The second kappa shape index (κ2) is 6.99. The predicted octanol–water partition coefficient (Wildman–Crippen LogP) is 0.0521. The largest absolute Gasteiger partial charge is 0.347 e. The van der Waals surface area contributed by atoms with E-state index in [1.54, 1.807) is 10.6 Å². The molecule has 2 N–H and O–H groups in total. The summed E-state index contributed by atoms with van der Waals surface area (Å²) < 4.78 is 24.9. The Morgan fingerprint density at radius 2 is 2.12 bits per heavy atom. The highest BCUT2D eigenvalue weighted by Gasteiger charge is 2.32. The molecule has 3 heterocycles. The van der Waals surface area contributed by atoms with Crippen molar-refractivity contribution in [1.82, 2.24) is 20.2 Å². The SMILES string of the molecule is C=CCNC(=O)c1nc(C(=O)NC2CCS(=O)(=O)C2)n2c1CCCC2. The number of imidazole rings is 1. The Hall–Kier alpha value is -2.16. The molecule has 0 bridgehead atoms. The van der Waals surface area contributed by atoms with Crippen LogP contribution in [0.2, 0.25) is 0 Å². The molecule has 1 saturated heterocycles. The second-order valence-electron chi connectivity index (χ2n) is 6.41. The number of fused-ring (bicyclic) bond motifs is 1. The van der Waals surface area contributed by atoms with Gasteiger partial charge < -0.3 is 15.2 Å². The number of hydrogen-bond donors (Lipinski definition) is 2. The van der Waals surface area contributed by atoms with Crippen LogP contribution in [0.5, 0.6) is 0 Å². The van der Waals surface area contributed by atoms with Crippen molar-refractivity contribution in [3.05, 3.63) is 29.9 Å². The van der Waals surface area contributed by atoms with Crippen molar-refractivity contribution in [2.45, 2.75) is 38.3 Å². The van der Waals surface area contributed by atoms with Gasteiger partial charge in [0.2, 0.25) is 0 Å². The molecular formula is C16H22N4O4S. The number of nitrogens with one attached hydrogen (secondary N) is 2. The molecule has 2 aliphatic heterocycles. The summed E-state index contributed by atoms with van der Waals surface area (Å²) in [7, 11) is -3.07. The number of aromatic nitrogens is 2. The Labute approximate surface area is 146 Å². The lowest BCUT2D eigenvalue weighted by Gasteiger charge is -2.17. The first-order valence-corrected chi connectivity index (χ1v) is 10.2. The van der Waals surface area contributed by atoms with E-state index in [1.165, 1.54) is 0 Å². The Bertz CT molecular complexity index is 812. The van der Waals surface area contributed by atoms with Gasteiger partial charge in [-0.3, -0.25) is 9.59 Å². The minimum absolute atomic E-state index is 0.0427. The van der Waals surface area contributed by atoms with Gasteiger partial charge in [0.15, 0.2) is 15.7 Å². The summed E-state index contributed by atoms with van der Waals surface area (Å²) in [4.78, 5) is 29.2. The van der Waals surface area contributed by atoms with Crippen LogP contribution in [-0.2, 0) is 22.8 Å². The van der Waals surface area contributed by atoms with Crippen LogP contribution >= 0.6 is 0 Å². The van der Waals surface area contributed by atoms with Gasteiger partial charge in [-0.2, -0.15) is 0 Å². The van der Waals surface area contributed by atoms with Gasteiger partial charge in [0.1, 0.15) is 5.69 Å². The highest BCUT2D eigenvalue weighted by Crippen LogP contribution is 2.21. The molecule has 0 radical (unpaired) electrons. The molecule has 1 fully saturated rings. The first-order chi connectivity index (χ1) is 11.9. The van der Waals surface area contributed by atoms with E-state index in [0.717, 1.165) is 18.5 Å². The lowest BCUT2D eigenvalue weighted by molar-refractivity contribution is 0.0925. The van der Waals surface area contributed by atoms with Crippen molar-refractivity contribution < 1.29 is 18.0 Å². The maximum absolute atomic E-state index is 12.6. The maximum Gasteiger partial charge on any atom is 0.287 e. The van der Waals surface area contributed by atoms with Gasteiger partial charge >= 0.3 is 0 Å². The Morgan fingerprint density at radius 1 is 1.32 bits per heavy atom. The minimum Gasteiger partial charge on any atom is -0.347 e. The van der Waals surface area contributed by atoms with Crippen LogP contribution in [0.4, 0.5) is 0 Å². The van der Waals surface area contributed by atoms with Gasteiger partial charge in [-0.25, -0.2) is 13.4 Å². The number of amides is 2. The maximum atomic E-state index is 12.6. The van der Waals surface area contributed by atoms with E-state index in [0.29, 0.717) is 25.9 Å². The van der Waals surface area contributed by atoms with E-state index in [-0.39, 0.29) is 28.9 Å². The molecule has 2 amide bonds. The van der Waals surface area contributed by atoms with E-state index >= 15 is 0 Å². The molecule has 0 aromatic carbocycles. The topological polar surface area (TPSA) is 110 Å². The number of hydrogen-bond acceptors (Lipinski definition) is 5. The number of rotatable bonds is 5. The van der Waals surface area contributed by atoms with Crippen molar-refractivity contribution in [3.63, 3.8) is 0 Å². The van der Waals surface area contributed by atoms with Gasteiger partial charge in [0.25, 0.3) is 11.8 Å². The van der Waals surface area contributed by atoms with Gasteiger partial charge in [0.05, 0.1) is 17.2 Å². The third kappa shape index (κ3) is 3.76. The van der Waals surface area contributed by atoms with E-state index in [1.807, 2.05) is 0 Å². The van der Waals surface area contributed by atoms with Crippen LogP contribution in [0, 0.1) is 0 Å². The molecule has 1 aromatic rings. The molecule has 1 atom stereocenters. The third-order valence-electron chi connectivity index (χ3n) is 4.51. The average Bonchev–Trinajstić information content (AvgIpc) is 3.13. The lowest BCUT2D eigenvalue weighted by atomic mass is 10.1. The zero-order valence-electron chi connectivity index (χ0n) is 14.0. The summed E-state index contributed by atoms with van der Waals surface area (Å²) in [5.41, 5.74) is 1.03. The number of nitrogens with zero attached hydrogens (tertiary/aromatic N) is 2. The molecule has 25 heavy (non-hydrogen) atoms. The molecule has 1 aromatic heterocycles. The summed E-state index contributed by atoms with van der Waals surface area (Å²) >= 11 is 0.